The van der Waals surface area contributed by atoms with Gasteiger partial charge in [0.1, 0.15) is 5.82 Å². The molecule has 3 aromatic carbocycles. The van der Waals surface area contributed by atoms with Crippen molar-refractivity contribution in [3.8, 4) is 11.1 Å². The minimum Gasteiger partial charge on any atom is -0.366 e. The zero-order valence-electron chi connectivity index (χ0n) is 15.6. The van der Waals surface area contributed by atoms with E-state index in [1.807, 2.05) is 48.0 Å². The van der Waals surface area contributed by atoms with E-state index in [2.05, 4.69) is 15.3 Å². The summed E-state index contributed by atoms with van der Waals surface area (Å²) < 4.78 is 15.7. The van der Waals surface area contributed by atoms with Gasteiger partial charge >= 0.3 is 0 Å². The Hall–Kier alpha value is -3.84. The molecule has 30 heavy (non-hydrogen) atoms. The molecule has 0 unspecified atom stereocenters. The normalized spacial score (nSPS) is 11.1. The standard InChI is InChI=1S/C23H15FN4OS/c24-18-10-14(23(25)29)1-4-16(18)13-2-5-19-17(9-13)20(7-8-26-19)28-15-3-6-22-21(11-15)27-12-30-22/h1-12H,(H2,25,29)(H,26,28). The smallest absolute Gasteiger partial charge is 0.248 e. The van der Waals surface area contributed by atoms with Crippen molar-refractivity contribution in [1.29, 1.82) is 0 Å². The lowest BCUT2D eigenvalue weighted by Gasteiger charge is -2.12. The fourth-order valence-corrected chi connectivity index (χ4v) is 4.08. The molecule has 5 nitrogen and oxygen atoms in total. The fraction of sp³-hybridized carbons (Fsp3) is 0. The van der Waals surface area contributed by atoms with E-state index in [0.717, 1.165) is 38.6 Å². The Morgan fingerprint density at radius 2 is 1.87 bits per heavy atom. The third-order valence-electron chi connectivity index (χ3n) is 4.92. The van der Waals surface area contributed by atoms with Crippen molar-refractivity contribution >= 4 is 49.7 Å². The fourth-order valence-electron chi connectivity index (χ4n) is 3.42. The number of hydrogen-bond acceptors (Lipinski definition) is 5. The van der Waals surface area contributed by atoms with Gasteiger partial charge in [0, 0.05) is 34.1 Å². The zero-order chi connectivity index (χ0) is 20.7. The van der Waals surface area contributed by atoms with Crippen LogP contribution in [0.3, 0.4) is 0 Å². The lowest BCUT2D eigenvalue weighted by Crippen LogP contribution is -2.11. The molecule has 0 saturated carbocycles. The SMILES string of the molecule is NC(=O)c1ccc(-c2ccc3nccc(Nc4ccc5scnc5c4)c3c2)c(F)c1. The molecule has 0 saturated heterocycles. The summed E-state index contributed by atoms with van der Waals surface area (Å²) in [6.07, 6.45) is 1.73. The molecule has 0 atom stereocenters. The van der Waals surface area contributed by atoms with Crippen LogP contribution in [0.4, 0.5) is 15.8 Å². The molecule has 3 N–H and O–H groups in total. The number of benzene rings is 3. The molecule has 0 bridgehead atoms. The first-order chi connectivity index (χ1) is 14.6. The van der Waals surface area contributed by atoms with Gasteiger partial charge in [-0.05, 0) is 54.1 Å². The van der Waals surface area contributed by atoms with Gasteiger partial charge in [-0.3, -0.25) is 9.78 Å². The molecular formula is C23H15FN4OS. The number of carbonyl (C=O) groups excluding carboxylic acids is 1. The number of nitrogens with one attached hydrogen (secondary N) is 1. The number of halogens is 1. The van der Waals surface area contributed by atoms with Gasteiger partial charge in [0.2, 0.25) is 5.91 Å². The third-order valence-corrected chi connectivity index (χ3v) is 5.73. The average Bonchev–Trinajstić information content (AvgIpc) is 3.21. The summed E-state index contributed by atoms with van der Waals surface area (Å²) in [6.45, 7) is 0. The van der Waals surface area contributed by atoms with Crippen molar-refractivity contribution in [2.24, 2.45) is 5.73 Å². The van der Waals surface area contributed by atoms with Gasteiger partial charge in [0.25, 0.3) is 0 Å². The highest BCUT2D eigenvalue weighted by Gasteiger charge is 2.11. The summed E-state index contributed by atoms with van der Waals surface area (Å²) in [6, 6.07) is 17.7. The van der Waals surface area contributed by atoms with E-state index in [0.29, 0.717) is 11.1 Å². The van der Waals surface area contributed by atoms with Gasteiger partial charge in [-0.15, -0.1) is 11.3 Å². The van der Waals surface area contributed by atoms with Crippen molar-refractivity contribution in [2.75, 3.05) is 5.32 Å². The van der Waals surface area contributed by atoms with E-state index < -0.39 is 11.7 Å². The number of primary amides is 1. The predicted octanol–water partition coefficient (Wildman–Crippen LogP) is 5.49. The summed E-state index contributed by atoms with van der Waals surface area (Å²) >= 11 is 1.60. The summed E-state index contributed by atoms with van der Waals surface area (Å²) in [5, 5.41) is 4.27. The zero-order valence-corrected chi connectivity index (χ0v) is 16.4. The van der Waals surface area contributed by atoms with E-state index in [4.69, 9.17) is 5.73 Å². The van der Waals surface area contributed by atoms with E-state index >= 15 is 0 Å². The number of nitrogens with two attached hydrogens (primary N) is 1. The Kier molecular flexibility index (Phi) is 4.37. The van der Waals surface area contributed by atoms with Gasteiger partial charge in [0.15, 0.2) is 0 Å². The Labute approximate surface area is 175 Å². The lowest BCUT2D eigenvalue weighted by molar-refractivity contribution is 0.1000. The van der Waals surface area contributed by atoms with Gasteiger partial charge in [-0.2, -0.15) is 0 Å². The molecule has 2 aromatic heterocycles. The number of fused-ring (bicyclic) bond motifs is 2. The summed E-state index contributed by atoms with van der Waals surface area (Å²) in [5.74, 6) is -1.16. The molecule has 0 radical (unpaired) electrons. The molecule has 0 fully saturated rings. The summed E-state index contributed by atoms with van der Waals surface area (Å²) in [5.41, 5.74) is 11.7. The van der Waals surface area contributed by atoms with Crippen LogP contribution < -0.4 is 11.1 Å². The first-order valence-electron chi connectivity index (χ1n) is 9.17. The van der Waals surface area contributed by atoms with E-state index in [9.17, 15) is 9.18 Å². The number of amides is 1. The molecule has 2 heterocycles. The number of anilines is 2. The number of hydrogen-bond donors (Lipinski definition) is 2. The molecule has 146 valence electrons. The molecule has 0 aliphatic heterocycles. The van der Waals surface area contributed by atoms with Gasteiger partial charge in [-0.1, -0.05) is 12.1 Å². The van der Waals surface area contributed by atoms with Crippen LogP contribution in [-0.2, 0) is 0 Å². The largest absolute Gasteiger partial charge is 0.366 e. The number of carbonyl (C=O) groups is 1. The second-order valence-corrected chi connectivity index (χ2v) is 7.70. The van der Waals surface area contributed by atoms with E-state index in [1.54, 1.807) is 23.6 Å². The maximum atomic E-state index is 14.6. The Morgan fingerprint density at radius 3 is 2.70 bits per heavy atom. The highest BCUT2D eigenvalue weighted by atomic mass is 32.1. The van der Waals surface area contributed by atoms with Crippen molar-refractivity contribution < 1.29 is 9.18 Å². The van der Waals surface area contributed by atoms with Crippen molar-refractivity contribution in [3.63, 3.8) is 0 Å². The maximum absolute atomic E-state index is 14.6. The second-order valence-electron chi connectivity index (χ2n) is 6.81. The quantitative estimate of drug-likeness (QED) is 0.407. The maximum Gasteiger partial charge on any atom is 0.248 e. The minimum absolute atomic E-state index is 0.137. The number of thiazole rings is 1. The third kappa shape index (κ3) is 3.25. The van der Waals surface area contributed by atoms with Crippen LogP contribution in [0.25, 0.3) is 32.2 Å². The molecule has 0 spiro atoms. The number of rotatable bonds is 4. The predicted molar refractivity (Wildman–Crippen MR) is 119 cm³/mol. The van der Waals surface area contributed by atoms with Crippen molar-refractivity contribution in [1.82, 2.24) is 9.97 Å². The Bertz CT molecular complexity index is 1430. The number of pyridine rings is 1. The number of nitrogens with zero attached hydrogens (tertiary/aromatic N) is 2. The van der Waals surface area contributed by atoms with E-state index in [-0.39, 0.29) is 5.56 Å². The van der Waals surface area contributed by atoms with Crippen molar-refractivity contribution in [3.05, 3.63) is 83.8 Å². The second kappa shape index (κ2) is 7.20. The minimum atomic E-state index is -0.660. The number of aromatic nitrogens is 2. The first-order valence-corrected chi connectivity index (χ1v) is 10.1. The van der Waals surface area contributed by atoms with Crippen LogP contribution in [-0.4, -0.2) is 15.9 Å². The van der Waals surface area contributed by atoms with Crippen LogP contribution in [0.1, 0.15) is 10.4 Å². The average molecular weight is 414 g/mol. The first kappa shape index (κ1) is 18.2. The van der Waals surface area contributed by atoms with E-state index in [1.165, 1.54) is 6.07 Å². The topological polar surface area (TPSA) is 80.9 Å². The lowest BCUT2D eigenvalue weighted by atomic mass is 10.0. The van der Waals surface area contributed by atoms with Crippen LogP contribution in [0.5, 0.6) is 0 Å². The molecule has 0 aliphatic carbocycles. The monoisotopic (exact) mass is 414 g/mol. The Balaban J connectivity index is 1.58. The van der Waals surface area contributed by atoms with Gasteiger partial charge in [0.05, 0.1) is 21.2 Å². The van der Waals surface area contributed by atoms with Crippen LogP contribution in [0.2, 0.25) is 0 Å². The molecule has 5 rings (SSSR count). The van der Waals surface area contributed by atoms with Crippen LogP contribution in [0, 0.1) is 5.82 Å². The van der Waals surface area contributed by atoms with Crippen molar-refractivity contribution in [2.45, 2.75) is 0 Å². The summed E-state index contributed by atoms with van der Waals surface area (Å²) in [4.78, 5) is 20.1. The Morgan fingerprint density at radius 1 is 0.967 bits per heavy atom. The van der Waals surface area contributed by atoms with Crippen LogP contribution in [0.15, 0.2) is 72.4 Å². The highest BCUT2D eigenvalue weighted by molar-refractivity contribution is 7.16. The van der Waals surface area contributed by atoms with Crippen LogP contribution >= 0.6 is 11.3 Å². The molecule has 0 aliphatic rings. The molecule has 1 amide bonds. The molecule has 5 aromatic rings. The van der Waals surface area contributed by atoms with Gasteiger partial charge < -0.3 is 11.1 Å². The van der Waals surface area contributed by atoms with Gasteiger partial charge in [-0.25, -0.2) is 9.37 Å². The highest BCUT2D eigenvalue weighted by Crippen LogP contribution is 2.32. The summed E-state index contributed by atoms with van der Waals surface area (Å²) in [7, 11) is 0. The molecule has 7 heteroatoms. The molecular weight excluding hydrogens is 399 g/mol.